The fraction of sp³-hybridized carbons (Fsp3) is 1.00. The number of hydrogen-bond donors (Lipinski definition) is 1. The van der Waals surface area contributed by atoms with Crippen molar-refractivity contribution in [1.29, 1.82) is 0 Å². The number of nitrogens with zero attached hydrogens (tertiary/aromatic N) is 1. The second-order valence-corrected chi connectivity index (χ2v) is 6.11. The van der Waals surface area contributed by atoms with Crippen molar-refractivity contribution in [3.8, 4) is 0 Å². The van der Waals surface area contributed by atoms with Crippen LogP contribution in [-0.4, -0.2) is 42.8 Å². The van der Waals surface area contributed by atoms with Crippen molar-refractivity contribution < 1.29 is 4.74 Å². The van der Waals surface area contributed by atoms with Crippen LogP contribution in [0.3, 0.4) is 0 Å². The number of likely N-dealkylation sites (tertiary alicyclic amines) is 1. The van der Waals surface area contributed by atoms with Gasteiger partial charge in [0.2, 0.25) is 0 Å². The first-order chi connectivity index (χ1) is 8.13. The maximum absolute atomic E-state index is 6.01. The molecular formula is C14H28N2O. The highest BCUT2D eigenvalue weighted by atomic mass is 16.5. The normalized spacial score (nSPS) is 41.6. The van der Waals surface area contributed by atoms with Crippen molar-refractivity contribution in [3.05, 3.63) is 0 Å². The lowest BCUT2D eigenvalue weighted by molar-refractivity contribution is -0.0262. The summed E-state index contributed by atoms with van der Waals surface area (Å²) >= 11 is 0. The van der Waals surface area contributed by atoms with Crippen LogP contribution in [-0.2, 0) is 4.74 Å². The largest absolute Gasteiger partial charge is 0.377 e. The highest BCUT2D eigenvalue weighted by molar-refractivity contribution is 4.91. The van der Waals surface area contributed by atoms with Gasteiger partial charge >= 0.3 is 0 Å². The minimum atomic E-state index is 0.375. The van der Waals surface area contributed by atoms with Crippen molar-refractivity contribution in [3.63, 3.8) is 0 Å². The molecule has 2 aliphatic heterocycles. The predicted molar refractivity (Wildman–Crippen MR) is 70.9 cm³/mol. The van der Waals surface area contributed by atoms with Gasteiger partial charge in [-0.1, -0.05) is 13.8 Å². The molecule has 2 fully saturated rings. The third-order valence-corrected chi connectivity index (χ3v) is 4.70. The zero-order chi connectivity index (χ0) is 12.4. The fourth-order valence-electron chi connectivity index (χ4n) is 3.60. The highest BCUT2D eigenvalue weighted by Crippen LogP contribution is 2.31. The molecule has 0 spiro atoms. The van der Waals surface area contributed by atoms with Crippen LogP contribution in [0, 0.1) is 11.8 Å². The number of rotatable bonds is 3. The Labute approximate surface area is 106 Å². The van der Waals surface area contributed by atoms with Gasteiger partial charge in [-0.25, -0.2) is 0 Å². The summed E-state index contributed by atoms with van der Waals surface area (Å²) in [5.41, 5.74) is 6.01. The minimum Gasteiger partial charge on any atom is -0.377 e. The van der Waals surface area contributed by atoms with Crippen LogP contribution in [0.15, 0.2) is 0 Å². The van der Waals surface area contributed by atoms with E-state index in [2.05, 4.69) is 25.7 Å². The Balaban J connectivity index is 2.05. The minimum absolute atomic E-state index is 0.375. The summed E-state index contributed by atoms with van der Waals surface area (Å²) in [5.74, 6) is 1.56. The Morgan fingerprint density at radius 2 is 2.12 bits per heavy atom. The van der Waals surface area contributed by atoms with E-state index in [1.165, 1.54) is 25.8 Å². The van der Waals surface area contributed by atoms with E-state index in [0.29, 0.717) is 18.2 Å². The van der Waals surface area contributed by atoms with Crippen LogP contribution >= 0.6 is 0 Å². The van der Waals surface area contributed by atoms with Gasteiger partial charge in [-0.05, 0) is 38.0 Å². The van der Waals surface area contributed by atoms with Gasteiger partial charge in [0.05, 0.1) is 6.10 Å². The maximum atomic E-state index is 6.01. The van der Waals surface area contributed by atoms with E-state index in [9.17, 15) is 0 Å². The van der Waals surface area contributed by atoms with Gasteiger partial charge in [0.25, 0.3) is 0 Å². The van der Waals surface area contributed by atoms with E-state index in [1.807, 2.05) is 0 Å². The zero-order valence-corrected chi connectivity index (χ0v) is 11.6. The van der Waals surface area contributed by atoms with Crippen molar-refractivity contribution in [1.82, 2.24) is 4.90 Å². The van der Waals surface area contributed by atoms with Gasteiger partial charge < -0.3 is 10.5 Å². The van der Waals surface area contributed by atoms with E-state index in [1.54, 1.807) is 0 Å². The van der Waals surface area contributed by atoms with Crippen LogP contribution in [0.2, 0.25) is 0 Å². The van der Waals surface area contributed by atoms with Gasteiger partial charge in [-0.2, -0.15) is 0 Å². The molecule has 2 aliphatic rings. The summed E-state index contributed by atoms with van der Waals surface area (Å²) in [6.45, 7) is 9.93. The molecule has 2 heterocycles. The Kier molecular flexibility index (Phi) is 4.45. The summed E-state index contributed by atoms with van der Waals surface area (Å²) < 4.78 is 5.86. The smallest absolute Gasteiger partial charge is 0.0743 e. The third kappa shape index (κ3) is 2.83. The van der Waals surface area contributed by atoms with Crippen LogP contribution in [0.25, 0.3) is 0 Å². The van der Waals surface area contributed by atoms with Crippen LogP contribution in [0.1, 0.15) is 40.0 Å². The SMILES string of the molecule is CC1CC(C)C(C)N(C(CN)C2CCCO2)C1. The summed E-state index contributed by atoms with van der Waals surface area (Å²) in [5, 5.41) is 0. The maximum Gasteiger partial charge on any atom is 0.0743 e. The predicted octanol–water partition coefficient (Wildman–Crippen LogP) is 1.86. The molecule has 0 aliphatic carbocycles. The molecule has 2 N–H and O–H groups in total. The number of piperidine rings is 1. The molecule has 0 aromatic carbocycles. The van der Waals surface area contributed by atoms with Gasteiger partial charge in [-0.15, -0.1) is 0 Å². The molecule has 0 aromatic heterocycles. The molecule has 0 aromatic rings. The van der Waals surface area contributed by atoms with Crippen molar-refractivity contribution in [2.75, 3.05) is 19.7 Å². The van der Waals surface area contributed by atoms with Gasteiger partial charge in [0, 0.05) is 31.8 Å². The van der Waals surface area contributed by atoms with Gasteiger partial charge in [0.15, 0.2) is 0 Å². The molecule has 100 valence electrons. The van der Waals surface area contributed by atoms with Crippen molar-refractivity contribution in [2.45, 2.75) is 58.2 Å². The number of ether oxygens (including phenoxy) is 1. The first kappa shape index (κ1) is 13.3. The molecule has 0 saturated carbocycles. The van der Waals surface area contributed by atoms with Crippen LogP contribution < -0.4 is 5.73 Å². The topological polar surface area (TPSA) is 38.5 Å². The van der Waals surface area contributed by atoms with Gasteiger partial charge in [-0.3, -0.25) is 4.90 Å². The average Bonchev–Trinajstić information content (AvgIpc) is 2.79. The van der Waals surface area contributed by atoms with Crippen molar-refractivity contribution in [2.24, 2.45) is 17.6 Å². The number of nitrogens with two attached hydrogens (primary N) is 1. The first-order valence-electron chi connectivity index (χ1n) is 7.21. The molecule has 3 heteroatoms. The standard InChI is InChI=1S/C14H28N2O/c1-10-7-11(2)12(3)16(9-10)13(8-15)14-5-4-6-17-14/h10-14H,4-9,15H2,1-3H3. The molecule has 5 unspecified atom stereocenters. The molecule has 0 radical (unpaired) electrons. The van der Waals surface area contributed by atoms with E-state index < -0.39 is 0 Å². The lowest BCUT2D eigenvalue weighted by Crippen LogP contribution is -2.57. The Morgan fingerprint density at radius 1 is 1.35 bits per heavy atom. The molecular weight excluding hydrogens is 212 g/mol. The van der Waals surface area contributed by atoms with E-state index in [4.69, 9.17) is 10.5 Å². The zero-order valence-electron chi connectivity index (χ0n) is 11.6. The quantitative estimate of drug-likeness (QED) is 0.818. The summed E-state index contributed by atoms with van der Waals surface area (Å²) in [6.07, 6.45) is 4.11. The Morgan fingerprint density at radius 3 is 2.71 bits per heavy atom. The molecule has 17 heavy (non-hydrogen) atoms. The fourth-order valence-corrected chi connectivity index (χ4v) is 3.60. The highest BCUT2D eigenvalue weighted by Gasteiger charge is 2.37. The monoisotopic (exact) mass is 240 g/mol. The number of hydrogen-bond acceptors (Lipinski definition) is 3. The third-order valence-electron chi connectivity index (χ3n) is 4.70. The first-order valence-corrected chi connectivity index (χ1v) is 7.21. The van der Waals surface area contributed by atoms with Crippen LogP contribution in [0.5, 0.6) is 0 Å². The van der Waals surface area contributed by atoms with E-state index in [0.717, 1.165) is 25.0 Å². The van der Waals surface area contributed by atoms with Crippen molar-refractivity contribution >= 4 is 0 Å². The summed E-state index contributed by atoms with van der Waals surface area (Å²) in [4.78, 5) is 2.62. The van der Waals surface area contributed by atoms with Gasteiger partial charge in [0.1, 0.15) is 0 Å². The molecule has 0 amide bonds. The second-order valence-electron chi connectivity index (χ2n) is 6.11. The molecule has 2 rings (SSSR count). The lowest BCUT2D eigenvalue weighted by Gasteiger charge is -2.46. The Bertz CT molecular complexity index is 240. The summed E-state index contributed by atoms with van der Waals surface area (Å²) in [6, 6.07) is 1.07. The molecule has 0 bridgehead atoms. The molecule has 2 saturated heterocycles. The van der Waals surface area contributed by atoms with Crippen LogP contribution in [0.4, 0.5) is 0 Å². The Hall–Kier alpha value is -0.120. The van der Waals surface area contributed by atoms with E-state index >= 15 is 0 Å². The average molecular weight is 240 g/mol. The second kappa shape index (κ2) is 5.68. The molecule has 5 atom stereocenters. The summed E-state index contributed by atoms with van der Waals surface area (Å²) in [7, 11) is 0. The van der Waals surface area contributed by atoms with E-state index in [-0.39, 0.29) is 0 Å². The molecule has 3 nitrogen and oxygen atoms in total. The lowest BCUT2D eigenvalue weighted by atomic mass is 9.84.